The highest BCUT2D eigenvalue weighted by Crippen LogP contribution is 2.34. The van der Waals surface area contributed by atoms with Gasteiger partial charge in [-0.1, -0.05) is 61.5 Å². The van der Waals surface area contributed by atoms with E-state index in [1.54, 1.807) is 6.20 Å². The van der Waals surface area contributed by atoms with E-state index in [-0.39, 0.29) is 23.8 Å². The molecule has 0 aliphatic heterocycles. The Morgan fingerprint density at radius 1 is 1.10 bits per heavy atom. The number of fused-ring (bicyclic) bond motifs is 1. The van der Waals surface area contributed by atoms with Gasteiger partial charge in [0.05, 0.1) is 6.04 Å². The topological polar surface area (TPSA) is 80.9 Å². The van der Waals surface area contributed by atoms with Crippen molar-refractivity contribution < 1.29 is 4.79 Å². The van der Waals surface area contributed by atoms with Gasteiger partial charge in [-0.05, 0) is 48.1 Å². The molecule has 3 unspecified atom stereocenters. The fraction of sp³-hybridized carbons (Fsp3) is 0.240. The minimum Gasteiger partial charge on any atom is -0.368 e. The molecule has 0 fully saturated rings. The molecular weight excluding hydrogens is 372 g/mol. The lowest BCUT2D eigenvalue weighted by atomic mass is 9.79. The normalized spacial score (nSPS) is 17.1. The SMILES string of the molecule is CC(NC(=O)c1cccc2c1C=CC(C(C)c1ccnc(N)n1)C2)c1ccccc1. The van der Waals surface area contributed by atoms with Gasteiger partial charge < -0.3 is 11.1 Å². The van der Waals surface area contributed by atoms with Crippen LogP contribution in [-0.2, 0) is 6.42 Å². The summed E-state index contributed by atoms with van der Waals surface area (Å²) in [5, 5.41) is 3.12. The highest BCUT2D eigenvalue weighted by Gasteiger charge is 2.25. The number of nitrogens with two attached hydrogens (primary N) is 1. The maximum Gasteiger partial charge on any atom is 0.252 e. The fourth-order valence-electron chi connectivity index (χ4n) is 4.03. The largest absolute Gasteiger partial charge is 0.368 e. The fourth-order valence-corrected chi connectivity index (χ4v) is 4.03. The lowest BCUT2D eigenvalue weighted by molar-refractivity contribution is 0.0939. The van der Waals surface area contributed by atoms with E-state index in [0.29, 0.717) is 11.5 Å². The van der Waals surface area contributed by atoms with Crippen LogP contribution in [0.2, 0.25) is 0 Å². The Bertz CT molecular complexity index is 1080. The van der Waals surface area contributed by atoms with Crippen LogP contribution in [0.1, 0.15) is 58.5 Å². The monoisotopic (exact) mass is 398 g/mol. The van der Waals surface area contributed by atoms with E-state index in [9.17, 15) is 4.79 Å². The van der Waals surface area contributed by atoms with Crippen molar-refractivity contribution in [3.8, 4) is 0 Å². The zero-order valence-electron chi connectivity index (χ0n) is 17.2. The van der Waals surface area contributed by atoms with Gasteiger partial charge in [-0.25, -0.2) is 9.97 Å². The molecule has 1 aliphatic carbocycles. The first-order valence-corrected chi connectivity index (χ1v) is 10.3. The van der Waals surface area contributed by atoms with Gasteiger partial charge >= 0.3 is 0 Å². The van der Waals surface area contributed by atoms with Crippen LogP contribution in [0.3, 0.4) is 0 Å². The Hall–Kier alpha value is -3.47. The highest BCUT2D eigenvalue weighted by atomic mass is 16.1. The summed E-state index contributed by atoms with van der Waals surface area (Å²) in [5.41, 5.74) is 10.7. The maximum absolute atomic E-state index is 13.0. The third kappa shape index (κ3) is 4.10. The van der Waals surface area contributed by atoms with Crippen molar-refractivity contribution >= 4 is 17.9 Å². The van der Waals surface area contributed by atoms with Crippen molar-refractivity contribution in [1.29, 1.82) is 0 Å². The molecule has 0 bridgehead atoms. The van der Waals surface area contributed by atoms with Crippen LogP contribution in [-0.4, -0.2) is 15.9 Å². The van der Waals surface area contributed by atoms with Crippen LogP contribution >= 0.6 is 0 Å². The van der Waals surface area contributed by atoms with Gasteiger partial charge in [0, 0.05) is 23.4 Å². The van der Waals surface area contributed by atoms with Gasteiger partial charge in [-0.3, -0.25) is 4.79 Å². The highest BCUT2D eigenvalue weighted by molar-refractivity contribution is 5.98. The Kier molecular flexibility index (Phi) is 5.61. The van der Waals surface area contributed by atoms with E-state index in [1.807, 2.05) is 55.5 Å². The first-order chi connectivity index (χ1) is 14.5. The van der Waals surface area contributed by atoms with E-state index in [1.165, 1.54) is 5.56 Å². The molecule has 5 heteroatoms. The first kappa shape index (κ1) is 19.8. The number of hydrogen-bond donors (Lipinski definition) is 2. The second-order valence-corrected chi connectivity index (χ2v) is 7.84. The number of nitrogens with one attached hydrogen (secondary N) is 1. The third-order valence-electron chi connectivity index (χ3n) is 5.86. The molecule has 1 aliphatic rings. The van der Waals surface area contributed by atoms with Gasteiger partial charge in [0.25, 0.3) is 5.91 Å². The average Bonchev–Trinajstić information content (AvgIpc) is 2.78. The number of aromatic nitrogens is 2. The molecule has 0 saturated heterocycles. The summed E-state index contributed by atoms with van der Waals surface area (Å²) < 4.78 is 0. The van der Waals surface area contributed by atoms with Crippen LogP contribution in [0.25, 0.3) is 6.08 Å². The number of nitrogen functional groups attached to an aromatic ring is 1. The molecule has 4 rings (SSSR count). The number of benzene rings is 2. The molecule has 152 valence electrons. The van der Waals surface area contributed by atoms with Gasteiger partial charge in [0.15, 0.2) is 0 Å². The minimum absolute atomic E-state index is 0.0528. The molecule has 3 atom stereocenters. The van der Waals surface area contributed by atoms with E-state index < -0.39 is 0 Å². The number of hydrogen-bond acceptors (Lipinski definition) is 4. The van der Waals surface area contributed by atoms with Gasteiger partial charge in [-0.2, -0.15) is 0 Å². The summed E-state index contributed by atoms with van der Waals surface area (Å²) in [6.45, 7) is 4.16. The number of amides is 1. The quantitative estimate of drug-likeness (QED) is 0.661. The lowest BCUT2D eigenvalue weighted by Crippen LogP contribution is -2.28. The van der Waals surface area contributed by atoms with Crippen molar-refractivity contribution in [2.24, 2.45) is 5.92 Å². The summed E-state index contributed by atoms with van der Waals surface area (Å²) in [6.07, 6.45) is 6.81. The molecule has 1 heterocycles. The molecule has 1 aromatic heterocycles. The Morgan fingerprint density at radius 3 is 2.67 bits per heavy atom. The van der Waals surface area contributed by atoms with E-state index in [2.05, 4.69) is 40.4 Å². The summed E-state index contributed by atoms with van der Waals surface area (Å²) in [6, 6.07) is 17.8. The minimum atomic E-state index is -0.0573. The molecule has 0 saturated carbocycles. The second kappa shape index (κ2) is 8.49. The van der Waals surface area contributed by atoms with Crippen molar-refractivity contribution in [3.63, 3.8) is 0 Å². The van der Waals surface area contributed by atoms with Crippen LogP contribution in [0.4, 0.5) is 5.95 Å². The number of rotatable bonds is 5. The molecule has 3 aromatic rings. The smallest absolute Gasteiger partial charge is 0.252 e. The number of carbonyl (C=O) groups is 1. The van der Waals surface area contributed by atoms with E-state index in [0.717, 1.165) is 23.2 Å². The van der Waals surface area contributed by atoms with Crippen LogP contribution in [0.15, 0.2) is 66.9 Å². The molecular formula is C25H26N4O. The van der Waals surface area contributed by atoms with Crippen molar-refractivity contribution in [1.82, 2.24) is 15.3 Å². The van der Waals surface area contributed by atoms with Crippen molar-refractivity contribution in [2.45, 2.75) is 32.2 Å². The van der Waals surface area contributed by atoms with Gasteiger partial charge in [0.2, 0.25) is 5.95 Å². The van der Waals surface area contributed by atoms with Crippen LogP contribution in [0.5, 0.6) is 0 Å². The predicted molar refractivity (Wildman–Crippen MR) is 120 cm³/mol. The molecule has 30 heavy (non-hydrogen) atoms. The molecule has 1 amide bonds. The Labute approximate surface area is 177 Å². The number of allylic oxidation sites excluding steroid dienone is 1. The van der Waals surface area contributed by atoms with E-state index >= 15 is 0 Å². The summed E-state index contributed by atoms with van der Waals surface area (Å²) in [4.78, 5) is 21.4. The van der Waals surface area contributed by atoms with Crippen molar-refractivity contribution in [2.75, 3.05) is 5.73 Å². The van der Waals surface area contributed by atoms with Crippen molar-refractivity contribution in [3.05, 3.63) is 94.8 Å². The summed E-state index contributed by atoms with van der Waals surface area (Å²) in [5.74, 6) is 0.734. The Balaban J connectivity index is 1.53. The zero-order chi connectivity index (χ0) is 21.1. The second-order valence-electron chi connectivity index (χ2n) is 7.84. The molecule has 2 aromatic carbocycles. The number of anilines is 1. The van der Waals surface area contributed by atoms with E-state index in [4.69, 9.17) is 5.73 Å². The van der Waals surface area contributed by atoms with Crippen LogP contribution < -0.4 is 11.1 Å². The van der Waals surface area contributed by atoms with Gasteiger partial charge in [-0.15, -0.1) is 0 Å². The standard InChI is InChI=1S/C25H26N4O/c1-16(23-13-14-27-25(26)29-23)19-11-12-21-20(15-19)9-6-10-22(21)24(30)28-17(2)18-7-4-3-5-8-18/h3-14,16-17,19H,15H2,1-2H3,(H,28,30)(H2,26,27,29). The molecule has 3 N–H and O–H groups in total. The zero-order valence-corrected chi connectivity index (χ0v) is 17.2. The third-order valence-corrected chi connectivity index (χ3v) is 5.86. The summed E-state index contributed by atoms with van der Waals surface area (Å²) in [7, 11) is 0. The number of carbonyl (C=O) groups excluding carboxylic acids is 1. The number of nitrogens with zero attached hydrogens (tertiary/aromatic N) is 2. The maximum atomic E-state index is 13.0. The van der Waals surface area contributed by atoms with Crippen LogP contribution in [0, 0.1) is 5.92 Å². The predicted octanol–water partition coefficient (Wildman–Crippen LogP) is 4.54. The average molecular weight is 399 g/mol. The lowest BCUT2D eigenvalue weighted by Gasteiger charge is -2.26. The Morgan fingerprint density at radius 2 is 1.90 bits per heavy atom. The summed E-state index contributed by atoms with van der Waals surface area (Å²) >= 11 is 0. The molecule has 0 spiro atoms. The molecule has 5 nitrogen and oxygen atoms in total. The van der Waals surface area contributed by atoms with Gasteiger partial charge in [0.1, 0.15) is 0 Å². The first-order valence-electron chi connectivity index (χ1n) is 10.3. The molecule has 0 radical (unpaired) electrons.